The van der Waals surface area contributed by atoms with Gasteiger partial charge in [0.15, 0.2) is 11.8 Å². The number of alkyl halides is 3. The molecule has 2 aromatic rings. The Morgan fingerprint density at radius 2 is 2.00 bits per heavy atom. The SMILES string of the molecule is CC(C)(c1ccc(OC[C@@H]2Cn3c(nc(C#N)c3CCCO)O2)cc1)C(F)(F)F. The number of halogens is 3. The summed E-state index contributed by atoms with van der Waals surface area (Å²) < 4.78 is 52.6. The molecule has 0 unspecified atom stereocenters. The summed E-state index contributed by atoms with van der Waals surface area (Å²) in [6.07, 6.45) is -3.64. The predicted octanol–water partition coefficient (Wildman–Crippen LogP) is 3.36. The second kappa shape index (κ2) is 7.95. The molecule has 6 nitrogen and oxygen atoms in total. The van der Waals surface area contributed by atoms with Crippen molar-refractivity contribution in [2.75, 3.05) is 13.2 Å². The molecule has 0 amide bonds. The van der Waals surface area contributed by atoms with E-state index in [1.165, 1.54) is 24.3 Å². The van der Waals surface area contributed by atoms with Crippen molar-refractivity contribution in [2.24, 2.45) is 0 Å². The van der Waals surface area contributed by atoms with Gasteiger partial charge in [-0.1, -0.05) is 12.1 Å². The van der Waals surface area contributed by atoms with Gasteiger partial charge in [-0.05, 0) is 44.4 Å². The number of ether oxygens (including phenoxy) is 2. The number of aromatic nitrogens is 2. The fourth-order valence-corrected chi connectivity index (χ4v) is 3.13. The van der Waals surface area contributed by atoms with Gasteiger partial charge in [0.25, 0.3) is 6.01 Å². The Bertz CT molecular complexity index is 899. The topological polar surface area (TPSA) is 80.3 Å². The van der Waals surface area contributed by atoms with E-state index in [0.717, 1.165) is 19.5 Å². The fourth-order valence-electron chi connectivity index (χ4n) is 3.13. The molecular formula is C20H22F3N3O3. The molecule has 1 aliphatic rings. The van der Waals surface area contributed by atoms with Crippen LogP contribution < -0.4 is 9.47 Å². The van der Waals surface area contributed by atoms with Crippen LogP contribution in [0.1, 0.15) is 37.2 Å². The molecule has 0 saturated carbocycles. The molecule has 9 heteroatoms. The molecular weight excluding hydrogens is 387 g/mol. The molecule has 0 radical (unpaired) electrons. The monoisotopic (exact) mass is 409 g/mol. The Balaban J connectivity index is 1.61. The minimum absolute atomic E-state index is 0.0138. The summed E-state index contributed by atoms with van der Waals surface area (Å²) in [5, 5.41) is 18.2. The Kier molecular flexibility index (Phi) is 5.75. The van der Waals surface area contributed by atoms with E-state index in [0.29, 0.717) is 31.1 Å². The van der Waals surface area contributed by atoms with E-state index in [9.17, 15) is 18.4 Å². The second-order valence-corrected chi connectivity index (χ2v) is 7.44. The molecule has 0 spiro atoms. The number of benzene rings is 1. The zero-order valence-corrected chi connectivity index (χ0v) is 16.2. The van der Waals surface area contributed by atoms with E-state index in [1.807, 2.05) is 6.07 Å². The van der Waals surface area contributed by atoms with E-state index < -0.39 is 11.6 Å². The number of hydrogen-bond donors (Lipinski definition) is 1. The van der Waals surface area contributed by atoms with Gasteiger partial charge in [0.2, 0.25) is 0 Å². The van der Waals surface area contributed by atoms with E-state index in [1.54, 1.807) is 4.57 Å². The number of fused-ring (bicyclic) bond motifs is 1. The van der Waals surface area contributed by atoms with Crippen LogP contribution in [0, 0.1) is 11.3 Å². The Morgan fingerprint density at radius 1 is 1.31 bits per heavy atom. The molecule has 0 aliphatic carbocycles. The molecule has 3 rings (SSSR count). The van der Waals surface area contributed by atoms with Gasteiger partial charge < -0.3 is 14.6 Å². The molecule has 1 N–H and O–H groups in total. The van der Waals surface area contributed by atoms with Crippen molar-refractivity contribution in [3.05, 3.63) is 41.2 Å². The Hall–Kier alpha value is -2.73. The molecule has 29 heavy (non-hydrogen) atoms. The van der Waals surface area contributed by atoms with Crippen molar-refractivity contribution < 1.29 is 27.8 Å². The van der Waals surface area contributed by atoms with Crippen molar-refractivity contribution in [2.45, 2.75) is 50.9 Å². The smallest absolute Gasteiger partial charge is 0.397 e. The van der Waals surface area contributed by atoms with Crippen LogP contribution in [0.3, 0.4) is 0 Å². The highest BCUT2D eigenvalue weighted by molar-refractivity contribution is 5.34. The summed E-state index contributed by atoms with van der Waals surface area (Å²) in [5.41, 5.74) is -0.778. The standard InChI is InChI=1S/C20H22F3N3O3/c1-19(2,20(21,22)23)13-5-7-14(8-6-13)28-12-15-11-26-17(4-3-9-27)16(10-24)25-18(26)29-15/h5-8,15,27H,3-4,9,11-12H2,1-2H3/t15-/m0/s1. The predicted molar refractivity (Wildman–Crippen MR) is 97.8 cm³/mol. The van der Waals surface area contributed by atoms with E-state index in [4.69, 9.17) is 14.6 Å². The number of nitrogens with zero attached hydrogens (tertiary/aromatic N) is 3. The van der Waals surface area contributed by atoms with Gasteiger partial charge in [-0.2, -0.15) is 23.4 Å². The highest BCUT2D eigenvalue weighted by Gasteiger charge is 2.48. The van der Waals surface area contributed by atoms with Crippen LogP contribution in [0.4, 0.5) is 13.2 Å². The maximum Gasteiger partial charge on any atom is 0.397 e. The molecule has 1 aliphatic heterocycles. The number of hydrogen-bond acceptors (Lipinski definition) is 5. The average Bonchev–Trinajstić information content (AvgIpc) is 3.21. The largest absolute Gasteiger partial charge is 0.490 e. The van der Waals surface area contributed by atoms with Crippen molar-refractivity contribution >= 4 is 0 Å². The van der Waals surface area contributed by atoms with Gasteiger partial charge in [-0.3, -0.25) is 4.57 Å². The van der Waals surface area contributed by atoms with Crippen molar-refractivity contribution in [1.29, 1.82) is 5.26 Å². The Labute approximate surface area is 166 Å². The lowest BCUT2D eigenvalue weighted by Crippen LogP contribution is -2.36. The zero-order valence-electron chi connectivity index (χ0n) is 16.2. The summed E-state index contributed by atoms with van der Waals surface area (Å²) >= 11 is 0. The third-order valence-corrected chi connectivity index (χ3v) is 5.09. The van der Waals surface area contributed by atoms with Crippen LogP contribution in [0.2, 0.25) is 0 Å². The molecule has 1 aromatic carbocycles. The number of rotatable bonds is 7. The van der Waals surface area contributed by atoms with Crippen LogP contribution in [-0.4, -0.2) is 40.2 Å². The summed E-state index contributed by atoms with van der Waals surface area (Å²) in [5.74, 6) is 0.443. The number of aliphatic hydroxyl groups excluding tert-OH is 1. The lowest BCUT2D eigenvalue weighted by atomic mass is 9.84. The van der Waals surface area contributed by atoms with Crippen molar-refractivity contribution in [1.82, 2.24) is 9.55 Å². The lowest BCUT2D eigenvalue weighted by Gasteiger charge is -2.28. The fraction of sp³-hybridized carbons (Fsp3) is 0.500. The van der Waals surface area contributed by atoms with Crippen LogP contribution in [0.15, 0.2) is 24.3 Å². The first-order valence-electron chi connectivity index (χ1n) is 9.24. The minimum atomic E-state index is -4.34. The van der Waals surface area contributed by atoms with Gasteiger partial charge in [0.1, 0.15) is 18.4 Å². The normalized spacial score (nSPS) is 16.2. The number of nitriles is 1. The first-order chi connectivity index (χ1) is 13.7. The van der Waals surface area contributed by atoms with E-state index in [2.05, 4.69) is 4.98 Å². The lowest BCUT2D eigenvalue weighted by molar-refractivity contribution is -0.180. The maximum absolute atomic E-state index is 13.1. The third kappa shape index (κ3) is 4.17. The van der Waals surface area contributed by atoms with Gasteiger partial charge >= 0.3 is 6.18 Å². The van der Waals surface area contributed by atoms with Gasteiger partial charge in [0, 0.05) is 6.61 Å². The molecule has 156 valence electrons. The number of aliphatic hydroxyl groups is 1. The van der Waals surface area contributed by atoms with Gasteiger partial charge in [-0.25, -0.2) is 0 Å². The first-order valence-corrected chi connectivity index (χ1v) is 9.24. The Morgan fingerprint density at radius 3 is 2.59 bits per heavy atom. The summed E-state index contributed by atoms with van der Waals surface area (Å²) in [4.78, 5) is 4.16. The second-order valence-electron chi connectivity index (χ2n) is 7.44. The highest BCUT2D eigenvalue weighted by atomic mass is 19.4. The van der Waals surface area contributed by atoms with Crippen molar-refractivity contribution in [3.63, 3.8) is 0 Å². The molecule has 0 saturated heterocycles. The van der Waals surface area contributed by atoms with Crippen LogP contribution in [-0.2, 0) is 18.4 Å². The molecule has 0 bridgehead atoms. The van der Waals surface area contributed by atoms with E-state index >= 15 is 0 Å². The minimum Gasteiger partial charge on any atom is -0.490 e. The van der Waals surface area contributed by atoms with Crippen LogP contribution >= 0.6 is 0 Å². The van der Waals surface area contributed by atoms with Crippen LogP contribution in [0.5, 0.6) is 11.8 Å². The maximum atomic E-state index is 13.1. The molecule has 0 fully saturated rings. The first kappa shape index (κ1) is 21.0. The van der Waals surface area contributed by atoms with Crippen molar-refractivity contribution in [3.8, 4) is 17.8 Å². The molecule has 1 atom stereocenters. The average molecular weight is 409 g/mol. The summed E-state index contributed by atoms with van der Waals surface area (Å²) in [7, 11) is 0. The highest BCUT2D eigenvalue weighted by Crippen LogP contribution is 2.40. The van der Waals surface area contributed by atoms with E-state index in [-0.39, 0.29) is 30.6 Å². The quantitative estimate of drug-likeness (QED) is 0.759. The molecule has 1 aromatic heterocycles. The zero-order chi connectivity index (χ0) is 21.2. The van der Waals surface area contributed by atoms with Gasteiger partial charge in [-0.15, -0.1) is 0 Å². The van der Waals surface area contributed by atoms with Gasteiger partial charge in [0.05, 0.1) is 17.7 Å². The molecule has 2 heterocycles. The summed E-state index contributed by atoms with van der Waals surface area (Å²) in [6.45, 7) is 2.93. The van der Waals surface area contributed by atoms with Crippen LogP contribution in [0.25, 0.3) is 0 Å². The number of imidazole rings is 1. The summed E-state index contributed by atoms with van der Waals surface area (Å²) in [6, 6.07) is 8.21. The third-order valence-electron chi connectivity index (χ3n) is 5.09.